The van der Waals surface area contributed by atoms with Crippen molar-refractivity contribution in [3.05, 3.63) is 58.5 Å². The molecule has 2 aromatic rings. The third kappa shape index (κ3) is 2.85. The van der Waals surface area contributed by atoms with E-state index in [1.165, 1.54) is 18.4 Å². The largest absolute Gasteiger partial charge is 0.504 e. The predicted molar refractivity (Wildman–Crippen MR) is 67.9 cm³/mol. The van der Waals surface area contributed by atoms with Crippen LogP contribution in [0.1, 0.15) is 16.1 Å². The number of benzene rings is 1. The molecule has 0 fully saturated rings. The zero-order valence-electron chi connectivity index (χ0n) is 8.76. The van der Waals surface area contributed by atoms with Crippen LogP contribution in [0.2, 0.25) is 0 Å². The fourth-order valence-corrected chi connectivity index (χ4v) is 1.57. The molecular weight excluding hydrogens is 284 g/mol. The molecule has 0 unspecified atom stereocenters. The molecule has 2 rings (SSSR count). The first-order chi connectivity index (χ1) is 8.16. The monoisotopic (exact) mass is 292 g/mol. The van der Waals surface area contributed by atoms with Gasteiger partial charge in [-0.05, 0) is 23.8 Å². The maximum Gasteiger partial charge on any atom is 0.224 e. The van der Waals surface area contributed by atoms with Crippen LogP contribution < -0.4 is 0 Å². The number of allylic oxidation sites excluding steroid dienone is 1. The Morgan fingerprint density at radius 2 is 1.94 bits per heavy atom. The molecule has 0 aliphatic heterocycles. The standard InChI is InChI=1S/C13H9BrO3/c14-10-4-1-9(2-5-10)3-6-11(15)13-12(16)7-8-17-13/h1-8,16H/b6-3+. The summed E-state index contributed by atoms with van der Waals surface area (Å²) in [7, 11) is 0. The first kappa shape index (κ1) is 11.7. The minimum Gasteiger partial charge on any atom is -0.504 e. The Balaban J connectivity index is 2.14. The molecule has 1 heterocycles. The summed E-state index contributed by atoms with van der Waals surface area (Å²) in [5, 5.41) is 9.30. The van der Waals surface area contributed by atoms with E-state index >= 15 is 0 Å². The normalized spacial score (nSPS) is 10.9. The maximum absolute atomic E-state index is 11.6. The van der Waals surface area contributed by atoms with E-state index in [0.717, 1.165) is 10.0 Å². The van der Waals surface area contributed by atoms with Crippen LogP contribution in [-0.2, 0) is 0 Å². The minimum absolute atomic E-state index is 0.0432. The Labute approximate surface area is 107 Å². The summed E-state index contributed by atoms with van der Waals surface area (Å²) in [6.45, 7) is 0. The van der Waals surface area contributed by atoms with Crippen LogP contribution in [0.15, 0.2) is 51.6 Å². The Bertz CT molecular complexity index is 552. The molecule has 0 saturated heterocycles. The molecule has 0 atom stereocenters. The average Bonchev–Trinajstić information content (AvgIpc) is 2.74. The summed E-state index contributed by atoms with van der Waals surface area (Å²) < 4.78 is 5.85. The zero-order valence-corrected chi connectivity index (χ0v) is 10.3. The van der Waals surface area contributed by atoms with Gasteiger partial charge in [0.15, 0.2) is 5.75 Å². The molecule has 0 aliphatic rings. The number of carbonyl (C=O) groups is 1. The highest BCUT2D eigenvalue weighted by molar-refractivity contribution is 9.10. The summed E-state index contributed by atoms with van der Waals surface area (Å²) in [5.41, 5.74) is 0.896. The molecule has 17 heavy (non-hydrogen) atoms. The number of halogens is 1. The first-order valence-electron chi connectivity index (χ1n) is 4.91. The second-order valence-corrected chi connectivity index (χ2v) is 4.30. The molecule has 1 aromatic heterocycles. The number of furan rings is 1. The number of aromatic hydroxyl groups is 1. The Morgan fingerprint density at radius 3 is 2.53 bits per heavy atom. The molecule has 0 radical (unpaired) electrons. The molecule has 0 spiro atoms. The van der Waals surface area contributed by atoms with Crippen molar-refractivity contribution < 1.29 is 14.3 Å². The van der Waals surface area contributed by atoms with Gasteiger partial charge in [-0.3, -0.25) is 4.79 Å². The van der Waals surface area contributed by atoms with Crippen molar-refractivity contribution in [2.45, 2.75) is 0 Å². The van der Waals surface area contributed by atoms with Crippen LogP contribution in [0.4, 0.5) is 0 Å². The summed E-state index contributed by atoms with van der Waals surface area (Å²) in [5.74, 6) is -0.552. The van der Waals surface area contributed by atoms with Crippen LogP contribution in [0, 0.1) is 0 Å². The fraction of sp³-hybridized carbons (Fsp3) is 0. The van der Waals surface area contributed by atoms with E-state index in [2.05, 4.69) is 15.9 Å². The lowest BCUT2D eigenvalue weighted by Gasteiger charge is -1.94. The molecule has 0 aliphatic carbocycles. The van der Waals surface area contributed by atoms with E-state index < -0.39 is 0 Å². The van der Waals surface area contributed by atoms with Crippen molar-refractivity contribution in [1.29, 1.82) is 0 Å². The van der Waals surface area contributed by atoms with Gasteiger partial charge in [0.05, 0.1) is 6.26 Å². The van der Waals surface area contributed by atoms with Gasteiger partial charge in [-0.1, -0.05) is 34.1 Å². The number of hydrogen-bond donors (Lipinski definition) is 1. The zero-order chi connectivity index (χ0) is 12.3. The highest BCUT2D eigenvalue weighted by Crippen LogP contribution is 2.19. The number of rotatable bonds is 3. The van der Waals surface area contributed by atoms with Crippen molar-refractivity contribution in [3.8, 4) is 5.75 Å². The number of hydrogen-bond acceptors (Lipinski definition) is 3. The summed E-state index contributed by atoms with van der Waals surface area (Å²) in [4.78, 5) is 11.6. The molecular formula is C13H9BrO3. The van der Waals surface area contributed by atoms with Gasteiger partial charge in [0.2, 0.25) is 11.5 Å². The van der Waals surface area contributed by atoms with E-state index in [0.29, 0.717) is 0 Å². The second kappa shape index (κ2) is 5.01. The lowest BCUT2D eigenvalue weighted by molar-refractivity contribution is 0.101. The smallest absolute Gasteiger partial charge is 0.224 e. The van der Waals surface area contributed by atoms with Gasteiger partial charge >= 0.3 is 0 Å². The fourth-order valence-electron chi connectivity index (χ4n) is 1.31. The van der Waals surface area contributed by atoms with Crippen LogP contribution in [-0.4, -0.2) is 10.9 Å². The number of carbonyl (C=O) groups excluding carboxylic acids is 1. The third-order valence-corrected chi connectivity index (χ3v) is 2.69. The molecule has 1 N–H and O–H groups in total. The van der Waals surface area contributed by atoms with Gasteiger partial charge in [0, 0.05) is 10.5 Å². The van der Waals surface area contributed by atoms with E-state index in [1.807, 2.05) is 24.3 Å². The molecule has 86 valence electrons. The number of ketones is 1. The highest BCUT2D eigenvalue weighted by atomic mass is 79.9. The molecule has 3 nitrogen and oxygen atoms in total. The Hall–Kier alpha value is -1.81. The lowest BCUT2D eigenvalue weighted by atomic mass is 10.2. The Kier molecular flexibility index (Phi) is 3.44. The summed E-state index contributed by atoms with van der Waals surface area (Å²) >= 11 is 3.33. The quantitative estimate of drug-likeness (QED) is 0.694. The van der Waals surface area contributed by atoms with E-state index in [4.69, 9.17) is 4.42 Å². The van der Waals surface area contributed by atoms with Gasteiger partial charge in [-0.2, -0.15) is 0 Å². The van der Waals surface area contributed by atoms with Gasteiger partial charge in [0.1, 0.15) is 0 Å². The van der Waals surface area contributed by atoms with Crippen molar-refractivity contribution in [1.82, 2.24) is 0 Å². The van der Waals surface area contributed by atoms with E-state index in [1.54, 1.807) is 6.08 Å². The third-order valence-electron chi connectivity index (χ3n) is 2.17. The molecule has 0 saturated carbocycles. The van der Waals surface area contributed by atoms with Crippen LogP contribution >= 0.6 is 15.9 Å². The van der Waals surface area contributed by atoms with Crippen molar-refractivity contribution in [2.75, 3.05) is 0 Å². The average molecular weight is 293 g/mol. The van der Waals surface area contributed by atoms with Gasteiger partial charge < -0.3 is 9.52 Å². The van der Waals surface area contributed by atoms with Crippen LogP contribution in [0.3, 0.4) is 0 Å². The first-order valence-corrected chi connectivity index (χ1v) is 5.70. The topological polar surface area (TPSA) is 50.4 Å². The van der Waals surface area contributed by atoms with E-state index in [9.17, 15) is 9.90 Å². The second-order valence-electron chi connectivity index (χ2n) is 3.38. The molecule has 4 heteroatoms. The lowest BCUT2D eigenvalue weighted by Crippen LogP contribution is -1.91. The van der Waals surface area contributed by atoms with Gasteiger partial charge in [-0.25, -0.2) is 0 Å². The van der Waals surface area contributed by atoms with Crippen LogP contribution in [0.25, 0.3) is 6.08 Å². The minimum atomic E-state index is -0.365. The Morgan fingerprint density at radius 1 is 1.24 bits per heavy atom. The van der Waals surface area contributed by atoms with Crippen molar-refractivity contribution in [2.24, 2.45) is 0 Å². The molecule has 0 amide bonds. The SMILES string of the molecule is O=C(/C=C/c1ccc(Br)cc1)c1occc1O. The predicted octanol–water partition coefficient (Wildman–Crippen LogP) is 3.64. The highest BCUT2D eigenvalue weighted by Gasteiger charge is 2.11. The van der Waals surface area contributed by atoms with Crippen molar-refractivity contribution >= 4 is 27.8 Å². The maximum atomic E-state index is 11.6. The molecule has 0 bridgehead atoms. The van der Waals surface area contributed by atoms with Gasteiger partial charge in [-0.15, -0.1) is 0 Å². The van der Waals surface area contributed by atoms with Crippen molar-refractivity contribution in [3.63, 3.8) is 0 Å². The molecule has 1 aromatic carbocycles. The van der Waals surface area contributed by atoms with E-state index in [-0.39, 0.29) is 17.3 Å². The van der Waals surface area contributed by atoms with Crippen LogP contribution in [0.5, 0.6) is 5.75 Å². The summed E-state index contributed by atoms with van der Waals surface area (Å²) in [6, 6.07) is 8.84. The van der Waals surface area contributed by atoms with Gasteiger partial charge in [0.25, 0.3) is 0 Å². The summed E-state index contributed by atoms with van der Waals surface area (Å²) in [6.07, 6.45) is 4.30.